The molecule has 1 aliphatic heterocycles. The fourth-order valence-electron chi connectivity index (χ4n) is 1.22. The molecule has 0 aliphatic carbocycles. The average molecular weight is 209 g/mol. The highest BCUT2D eigenvalue weighted by Gasteiger charge is 2.15. The Morgan fingerprint density at radius 2 is 2.00 bits per heavy atom. The second-order valence-electron chi connectivity index (χ2n) is 2.89. The quantitative estimate of drug-likeness (QED) is 0.711. The number of carbonyl (C=O) groups is 1. The van der Waals surface area contributed by atoms with E-state index in [1.54, 1.807) is 0 Å². The zero-order valence-electron chi connectivity index (χ0n) is 7.70. The van der Waals surface area contributed by atoms with Crippen LogP contribution in [-0.2, 0) is 9.53 Å². The second-order valence-corrected chi connectivity index (χ2v) is 2.89. The Kier molecular flexibility index (Phi) is 6.94. The zero-order chi connectivity index (χ0) is 8.81. The van der Waals surface area contributed by atoms with Gasteiger partial charge in [-0.15, -0.1) is 12.4 Å². The second kappa shape index (κ2) is 7.12. The minimum absolute atomic E-state index is 0. The maximum atomic E-state index is 11.4. The van der Waals surface area contributed by atoms with Crippen LogP contribution in [0.2, 0.25) is 0 Å². The number of hydrogen-bond donors (Lipinski definition) is 1. The summed E-state index contributed by atoms with van der Waals surface area (Å²) in [6, 6.07) is 0. The highest BCUT2D eigenvalue weighted by molar-refractivity contribution is 5.85. The number of amides is 1. The van der Waals surface area contributed by atoms with Crippen LogP contribution in [0.5, 0.6) is 0 Å². The standard InChI is InChI=1S/C8H16N2O2.ClH/c9-3-1-2-8(11)10-4-6-12-7-5-10;/h1-7,9H2;1H. The van der Waals surface area contributed by atoms with Gasteiger partial charge in [0, 0.05) is 19.5 Å². The van der Waals surface area contributed by atoms with E-state index in [1.165, 1.54) is 0 Å². The molecule has 1 fully saturated rings. The lowest BCUT2D eigenvalue weighted by molar-refractivity contribution is -0.135. The molecular weight excluding hydrogens is 192 g/mol. The van der Waals surface area contributed by atoms with Crippen LogP contribution in [0.25, 0.3) is 0 Å². The van der Waals surface area contributed by atoms with Gasteiger partial charge in [0.15, 0.2) is 0 Å². The van der Waals surface area contributed by atoms with Gasteiger partial charge in [0.25, 0.3) is 0 Å². The van der Waals surface area contributed by atoms with Crippen molar-refractivity contribution in [2.75, 3.05) is 32.8 Å². The highest BCUT2D eigenvalue weighted by Crippen LogP contribution is 2.01. The van der Waals surface area contributed by atoms with Crippen molar-refractivity contribution in [1.29, 1.82) is 0 Å². The molecule has 0 spiro atoms. The number of ether oxygens (including phenoxy) is 1. The van der Waals surface area contributed by atoms with Gasteiger partial charge in [-0.1, -0.05) is 0 Å². The molecule has 1 saturated heterocycles. The van der Waals surface area contributed by atoms with Crippen LogP contribution in [0.4, 0.5) is 0 Å². The first kappa shape index (κ1) is 12.7. The molecule has 0 aromatic carbocycles. The van der Waals surface area contributed by atoms with E-state index in [2.05, 4.69) is 0 Å². The van der Waals surface area contributed by atoms with Gasteiger partial charge >= 0.3 is 0 Å². The fraction of sp³-hybridized carbons (Fsp3) is 0.875. The highest BCUT2D eigenvalue weighted by atomic mass is 35.5. The van der Waals surface area contributed by atoms with Gasteiger partial charge in [0.05, 0.1) is 13.2 Å². The van der Waals surface area contributed by atoms with Crippen molar-refractivity contribution in [3.8, 4) is 0 Å². The molecule has 1 rings (SSSR count). The third-order valence-electron chi connectivity index (χ3n) is 1.96. The largest absolute Gasteiger partial charge is 0.378 e. The Bertz CT molecular complexity index is 149. The van der Waals surface area contributed by atoms with E-state index in [-0.39, 0.29) is 18.3 Å². The summed E-state index contributed by atoms with van der Waals surface area (Å²) in [5.74, 6) is 0.212. The van der Waals surface area contributed by atoms with Crippen molar-refractivity contribution in [3.63, 3.8) is 0 Å². The number of hydrogen-bond acceptors (Lipinski definition) is 3. The summed E-state index contributed by atoms with van der Waals surface area (Å²) in [4.78, 5) is 13.2. The molecule has 0 atom stereocenters. The van der Waals surface area contributed by atoms with Gasteiger partial charge < -0.3 is 15.4 Å². The smallest absolute Gasteiger partial charge is 0.222 e. The summed E-state index contributed by atoms with van der Waals surface area (Å²) in [5, 5.41) is 0. The van der Waals surface area contributed by atoms with E-state index < -0.39 is 0 Å². The molecular formula is C8H17ClN2O2. The number of rotatable bonds is 3. The molecule has 13 heavy (non-hydrogen) atoms. The molecule has 5 heteroatoms. The van der Waals surface area contributed by atoms with E-state index >= 15 is 0 Å². The summed E-state index contributed by atoms with van der Waals surface area (Å²) < 4.78 is 5.14. The number of carbonyl (C=O) groups excluding carboxylic acids is 1. The maximum absolute atomic E-state index is 11.4. The van der Waals surface area contributed by atoms with E-state index in [1.807, 2.05) is 4.90 Å². The summed E-state index contributed by atoms with van der Waals surface area (Å²) >= 11 is 0. The molecule has 0 saturated carbocycles. The third-order valence-corrected chi connectivity index (χ3v) is 1.96. The Labute approximate surface area is 84.8 Å². The first-order valence-corrected chi connectivity index (χ1v) is 4.40. The molecule has 1 aliphatic rings. The van der Waals surface area contributed by atoms with Crippen molar-refractivity contribution in [2.45, 2.75) is 12.8 Å². The van der Waals surface area contributed by atoms with Gasteiger partial charge in [-0.25, -0.2) is 0 Å². The fourth-order valence-corrected chi connectivity index (χ4v) is 1.22. The Morgan fingerprint density at radius 3 is 2.54 bits per heavy atom. The van der Waals surface area contributed by atoms with Crippen LogP contribution in [0.15, 0.2) is 0 Å². The van der Waals surface area contributed by atoms with Crippen LogP contribution < -0.4 is 5.73 Å². The van der Waals surface area contributed by atoms with Crippen LogP contribution in [0.1, 0.15) is 12.8 Å². The van der Waals surface area contributed by atoms with Gasteiger partial charge in [-0.05, 0) is 13.0 Å². The monoisotopic (exact) mass is 208 g/mol. The molecule has 2 N–H and O–H groups in total. The maximum Gasteiger partial charge on any atom is 0.222 e. The molecule has 1 amide bonds. The predicted molar refractivity (Wildman–Crippen MR) is 52.9 cm³/mol. The Hall–Kier alpha value is -0.320. The Balaban J connectivity index is 0.00000144. The first-order valence-electron chi connectivity index (χ1n) is 4.40. The van der Waals surface area contributed by atoms with Crippen LogP contribution in [0, 0.1) is 0 Å². The van der Waals surface area contributed by atoms with E-state index in [4.69, 9.17) is 10.5 Å². The minimum Gasteiger partial charge on any atom is -0.378 e. The minimum atomic E-state index is 0. The normalized spacial score (nSPS) is 16.5. The summed E-state index contributed by atoms with van der Waals surface area (Å²) in [7, 11) is 0. The molecule has 0 aromatic rings. The lowest BCUT2D eigenvalue weighted by Gasteiger charge is -2.26. The summed E-state index contributed by atoms with van der Waals surface area (Å²) in [5.41, 5.74) is 5.31. The van der Waals surface area contributed by atoms with Crippen LogP contribution >= 0.6 is 12.4 Å². The van der Waals surface area contributed by atoms with Crippen molar-refractivity contribution in [2.24, 2.45) is 5.73 Å². The first-order chi connectivity index (χ1) is 5.84. The average Bonchev–Trinajstić information content (AvgIpc) is 2.15. The van der Waals surface area contributed by atoms with Crippen molar-refractivity contribution in [3.05, 3.63) is 0 Å². The lowest BCUT2D eigenvalue weighted by atomic mass is 10.2. The van der Waals surface area contributed by atoms with Crippen molar-refractivity contribution >= 4 is 18.3 Å². The summed E-state index contributed by atoms with van der Waals surface area (Å²) in [6.45, 7) is 3.42. The van der Waals surface area contributed by atoms with Crippen molar-refractivity contribution < 1.29 is 9.53 Å². The van der Waals surface area contributed by atoms with E-state index in [9.17, 15) is 4.79 Å². The molecule has 78 valence electrons. The van der Waals surface area contributed by atoms with Crippen LogP contribution in [0.3, 0.4) is 0 Å². The van der Waals surface area contributed by atoms with Crippen LogP contribution in [-0.4, -0.2) is 43.7 Å². The topological polar surface area (TPSA) is 55.6 Å². The lowest BCUT2D eigenvalue weighted by Crippen LogP contribution is -2.40. The predicted octanol–water partition coefficient (Wildman–Crippen LogP) is 0.00590. The molecule has 0 bridgehead atoms. The molecule has 0 aromatic heterocycles. The third kappa shape index (κ3) is 4.45. The SMILES string of the molecule is Cl.NCCCC(=O)N1CCOCC1. The number of nitrogens with zero attached hydrogens (tertiary/aromatic N) is 1. The van der Waals surface area contributed by atoms with E-state index in [0.717, 1.165) is 19.5 Å². The van der Waals surface area contributed by atoms with Gasteiger partial charge in [0.1, 0.15) is 0 Å². The van der Waals surface area contributed by atoms with Gasteiger partial charge in [-0.3, -0.25) is 4.79 Å². The molecule has 0 radical (unpaired) electrons. The molecule has 1 heterocycles. The summed E-state index contributed by atoms with van der Waals surface area (Å²) in [6.07, 6.45) is 1.37. The number of halogens is 1. The van der Waals surface area contributed by atoms with Gasteiger partial charge in [-0.2, -0.15) is 0 Å². The van der Waals surface area contributed by atoms with Gasteiger partial charge in [0.2, 0.25) is 5.91 Å². The number of morpholine rings is 1. The van der Waals surface area contributed by atoms with Crippen molar-refractivity contribution in [1.82, 2.24) is 4.90 Å². The zero-order valence-corrected chi connectivity index (χ0v) is 8.52. The molecule has 0 unspecified atom stereocenters. The molecule has 4 nitrogen and oxygen atoms in total. The Morgan fingerprint density at radius 1 is 1.38 bits per heavy atom. The van der Waals surface area contributed by atoms with E-state index in [0.29, 0.717) is 26.2 Å². The number of nitrogens with two attached hydrogens (primary N) is 1.